The fraction of sp³-hybridized carbons (Fsp3) is 0.875. The molecule has 0 radical (unpaired) electrons. The van der Waals surface area contributed by atoms with Gasteiger partial charge in [-0.3, -0.25) is 9.69 Å². The van der Waals surface area contributed by atoms with E-state index in [4.69, 9.17) is 5.26 Å². The van der Waals surface area contributed by atoms with Crippen molar-refractivity contribution in [1.29, 1.82) is 5.26 Å². The zero-order chi connectivity index (χ0) is 15.2. The molecule has 0 aromatic rings. The highest BCUT2D eigenvalue weighted by Gasteiger charge is 2.46. The van der Waals surface area contributed by atoms with Crippen molar-refractivity contribution in [2.24, 2.45) is 5.41 Å². The van der Waals surface area contributed by atoms with E-state index in [-0.39, 0.29) is 5.41 Å². The minimum absolute atomic E-state index is 0.266. The lowest BCUT2D eigenvalue weighted by atomic mass is 9.88. The molecule has 1 heterocycles. The standard InChI is InChI=1S/C16H28N2O2/c1-4-8-16(14(19)20)10-7-12-18(16)11-6-5-9-15(2,3)13-17/h4-12H2,1-3H3,(H,19,20). The first-order valence-electron chi connectivity index (χ1n) is 7.78. The molecule has 1 rings (SSSR count). The smallest absolute Gasteiger partial charge is 0.324 e. The Hall–Kier alpha value is -1.08. The quantitative estimate of drug-likeness (QED) is 0.692. The number of unbranched alkanes of at least 4 members (excludes halogenated alkanes) is 1. The van der Waals surface area contributed by atoms with Crippen LogP contribution in [0.1, 0.15) is 65.7 Å². The van der Waals surface area contributed by atoms with E-state index in [1.807, 2.05) is 13.8 Å². The third-order valence-corrected chi connectivity index (χ3v) is 4.47. The second-order valence-corrected chi connectivity index (χ2v) is 6.63. The van der Waals surface area contributed by atoms with Crippen LogP contribution in [0.15, 0.2) is 0 Å². The van der Waals surface area contributed by atoms with Crippen molar-refractivity contribution in [3.8, 4) is 6.07 Å². The molecule has 4 heteroatoms. The molecule has 1 fully saturated rings. The third-order valence-electron chi connectivity index (χ3n) is 4.47. The van der Waals surface area contributed by atoms with Crippen LogP contribution in [0.2, 0.25) is 0 Å². The van der Waals surface area contributed by atoms with Crippen LogP contribution in [0.3, 0.4) is 0 Å². The van der Waals surface area contributed by atoms with Gasteiger partial charge in [0.2, 0.25) is 0 Å². The van der Waals surface area contributed by atoms with Crippen LogP contribution in [0.25, 0.3) is 0 Å². The van der Waals surface area contributed by atoms with Gasteiger partial charge in [0.05, 0.1) is 11.5 Å². The average Bonchev–Trinajstić information content (AvgIpc) is 2.79. The lowest BCUT2D eigenvalue weighted by molar-refractivity contribution is -0.150. The highest BCUT2D eigenvalue weighted by Crippen LogP contribution is 2.34. The van der Waals surface area contributed by atoms with Crippen LogP contribution >= 0.6 is 0 Å². The molecule has 0 aromatic carbocycles. The minimum Gasteiger partial charge on any atom is -0.480 e. The molecule has 4 nitrogen and oxygen atoms in total. The first-order chi connectivity index (χ1) is 9.38. The van der Waals surface area contributed by atoms with Crippen LogP contribution in [-0.2, 0) is 4.79 Å². The highest BCUT2D eigenvalue weighted by atomic mass is 16.4. The summed E-state index contributed by atoms with van der Waals surface area (Å²) in [6, 6.07) is 2.32. The summed E-state index contributed by atoms with van der Waals surface area (Å²) in [6.07, 6.45) is 6.25. The largest absolute Gasteiger partial charge is 0.480 e. The summed E-state index contributed by atoms with van der Waals surface area (Å²) in [5.41, 5.74) is -0.891. The van der Waals surface area contributed by atoms with Crippen molar-refractivity contribution < 1.29 is 9.90 Å². The molecule has 0 aromatic heterocycles. The predicted molar refractivity (Wildman–Crippen MR) is 79.3 cm³/mol. The number of nitriles is 1. The Kier molecular flexibility index (Phi) is 6.01. The van der Waals surface area contributed by atoms with Gasteiger partial charge >= 0.3 is 5.97 Å². The Labute approximate surface area is 122 Å². The molecule has 1 N–H and O–H groups in total. The second-order valence-electron chi connectivity index (χ2n) is 6.63. The maximum Gasteiger partial charge on any atom is 0.324 e. The number of carboxylic acids is 1. The van der Waals surface area contributed by atoms with Gasteiger partial charge in [0.15, 0.2) is 0 Å². The van der Waals surface area contributed by atoms with Gasteiger partial charge in [0, 0.05) is 0 Å². The highest BCUT2D eigenvalue weighted by molar-refractivity contribution is 5.79. The van der Waals surface area contributed by atoms with E-state index in [9.17, 15) is 9.90 Å². The summed E-state index contributed by atoms with van der Waals surface area (Å²) >= 11 is 0. The van der Waals surface area contributed by atoms with Crippen LogP contribution < -0.4 is 0 Å². The average molecular weight is 280 g/mol. The number of carbonyl (C=O) groups is 1. The molecule has 1 aliphatic rings. The molecule has 1 aliphatic heterocycles. The topological polar surface area (TPSA) is 64.3 Å². The maximum atomic E-state index is 11.7. The lowest BCUT2D eigenvalue weighted by Crippen LogP contribution is -2.50. The molecular weight excluding hydrogens is 252 g/mol. The van der Waals surface area contributed by atoms with Gasteiger partial charge in [0.25, 0.3) is 0 Å². The summed E-state index contributed by atoms with van der Waals surface area (Å²) < 4.78 is 0. The van der Waals surface area contributed by atoms with Crippen LogP contribution in [0.4, 0.5) is 0 Å². The summed E-state index contributed by atoms with van der Waals surface area (Å²) in [6.45, 7) is 7.71. The van der Waals surface area contributed by atoms with Crippen molar-refractivity contribution in [3.05, 3.63) is 0 Å². The van der Waals surface area contributed by atoms with Gasteiger partial charge in [-0.05, 0) is 59.0 Å². The summed E-state index contributed by atoms with van der Waals surface area (Å²) in [7, 11) is 0. The van der Waals surface area contributed by atoms with E-state index in [0.717, 1.165) is 58.0 Å². The Morgan fingerprint density at radius 3 is 2.70 bits per heavy atom. The zero-order valence-electron chi connectivity index (χ0n) is 13.1. The van der Waals surface area contributed by atoms with E-state index in [0.29, 0.717) is 0 Å². The van der Waals surface area contributed by atoms with Gasteiger partial charge in [-0.1, -0.05) is 19.8 Å². The molecular formula is C16H28N2O2. The SMILES string of the molecule is CCCC1(C(=O)O)CCCN1CCCCC(C)(C)C#N. The van der Waals surface area contributed by atoms with Gasteiger partial charge in [-0.25, -0.2) is 0 Å². The second kappa shape index (κ2) is 7.08. The van der Waals surface area contributed by atoms with E-state index < -0.39 is 11.5 Å². The Morgan fingerprint density at radius 1 is 1.45 bits per heavy atom. The van der Waals surface area contributed by atoms with Gasteiger partial charge in [0.1, 0.15) is 5.54 Å². The number of hydrogen-bond donors (Lipinski definition) is 1. The van der Waals surface area contributed by atoms with Crippen molar-refractivity contribution in [2.75, 3.05) is 13.1 Å². The molecule has 20 heavy (non-hydrogen) atoms. The monoisotopic (exact) mass is 280 g/mol. The Balaban J connectivity index is 2.50. The van der Waals surface area contributed by atoms with Crippen LogP contribution in [0, 0.1) is 16.7 Å². The molecule has 114 valence electrons. The normalized spacial score (nSPS) is 23.7. The predicted octanol–water partition coefficient (Wildman–Crippen LogP) is 3.43. The number of likely N-dealkylation sites (tertiary alicyclic amines) is 1. The van der Waals surface area contributed by atoms with Crippen LogP contribution in [0.5, 0.6) is 0 Å². The van der Waals surface area contributed by atoms with Crippen molar-refractivity contribution >= 4 is 5.97 Å². The molecule has 1 saturated heterocycles. The minimum atomic E-state index is -0.658. The number of carboxylic acid groups (broad SMARTS) is 1. The first kappa shape index (κ1) is 17.0. The van der Waals surface area contributed by atoms with E-state index in [1.54, 1.807) is 0 Å². The first-order valence-corrected chi connectivity index (χ1v) is 7.78. The molecule has 0 spiro atoms. The fourth-order valence-electron chi connectivity index (χ4n) is 3.23. The van der Waals surface area contributed by atoms with E-state index in [2.05, 4.69) is 17.9 Å². The molecule has 0 aliphatic carbocycles. The summed E-state index contributed by atoms with van der Waals surface area (Å²) in [5, 5.41) is 18.6. The number of hydrogen-bond acceptors (Lipinski definition) is 3. The van der Waals surface area contributed by atoms with Gasteiger partial charge in [-0.2, -0.15) is 5.26 Å². The third kappa shape index (κ3) is 3.96. The number of rotatable bonds is 8. The lowest BCUT2D eigenvalue weighted by Gasteiger charge is -2.34. The molecule has 0 bridgehead atoms. The van der Waals surface area contributed by atoms with Crippen molar-refractivity contribution in [1.82, 2.24) is 4.90 Å². The molecule has 0 saturated carbocycles. The zero-order valence-corrected chi connectivity index (χ0v) is 13.1. The van der Waals surface area contributed by atoms with Crippen LogP contribution in [-0.4, -0.2) is 34.6 Å². The molecule has 1 unspecified atom stereocenters. The fourth-order valence-corrected chi connectivity index (χ4v) is 3.23. The van der Waals surface area contributed by atoms with Gasteiger partial charge < -0.3 is 5.11 Å². The summed E-state index contributed by atoms with van der Waals surface area (Å²) in [5.74, 6) is -0.658. The van der Waals surface area contributed by atoms with Gasteiger partial charge in [-0.15, -0.1) is 0 Å². The Bertz CT molecular complexity index is 373. The summed E-state index contributed by atoms with van der Waals surface area (Å²) in [4.78, 5) is 13.8. The molecule has 1 atom stereocenters. The van der Waals surface area contributed by atoms with Crippen molar-refractivity contribution in [2.45, 2.75) is 71.3 Å². The maximum absolute atomic E-state index is 11.7. The molecule has 0 amide bonds. The van der Waals surface area contributed by atoms with E-state index in [1.165, 1.54) is 0 Å². The Morgan fingerprint density at radius 2 is 2.15 bits per heavy atom. The number of aliphatic carboxylic acids is 1. The number of nitrogens with zero attached hydrogens (tertiary/aromatic N) is 2. The van der Waals surface area contributed by atoms with Crippen molar-refractivity contribution in [3.63, 3.8) is 0 Å². The van der Waals surface area contributed by atoms with E-state index >= 15 is 0 Å².